The summed E-state index contributed by atoms with van der Waals surface area (Å²) in [4.78, 5) is 4.10. The summed E-state index contributed by atoms with van der Waals surface area (Å²) in [5, 5.41) is 2.22. The zero-order valence-corrected chi connectivity index (χ0v) is 13.0. The van der Waals surface area contributed by atoms with Crippen LogP contribution in [0.2, 0.25) is 0 Å². The van der Waals surface area contributed by atoms with Gasteiger partial charge in [0.15, 0.2) is 0 Å². The summed E-state index contributed by atoms with van der Waals surface area (Å²) in [6, 6.07) is 11.9. The van der Waals surface area contributed by atoms with Crippen LogP contribution in [0.25, 0.3) is 0 Å². The smallest absolute Gasteiger partial charge is 0.0476 e. The van der Waals surface area contributed by atoms with Crippen LogP contribution < -0.4 is 5.73 Å². The molecule has 20 heavy (non-hydrogen) atoms. The van der Waals surface area contributed by atoms with Gasteiger partial charge < -0.3 is 5.73 Å². The van der Waals surface area contributed by atoms with Crippen molar-refractivity contribution in [3.8, 4) is 0 Å². The van der Waals surface area contributed by atoms with E-state index >= 15 is 0 Å². The van der Waals surface area contributed by atoms with E-state index in [1.54, 1.807) is 4.88 Å². The second-order valence-corrected chi connectivity index (χ2v) is 6.63. The normalized spacial score (nSPS) is 20.6. The molecule has 1 aliphatic rings. The van der Waals surface area contributed by atoms with Gasteiger partial charge in [-0.3, -0.25) is 4.90 Å². The van der Waals surface area contributed by atoms with Crippen molar-refractivity contribution >= 4 is 11.3 Å². The Balaban J connectivity index is 1.89. The molecule has 1 aromatic heterocycles. The van der Waals surface area contributed by atoms with E-state index in [1.807, 2.05) is 11.3 Å². The molecule has 3 rings (SSSR count). The summed E-state index contributed by atoms with van der Waals surface area (Å²) < 4.78 is 0. The van der Waals surface area contributed by atoms with Gasteiger partial charge in [0, 0.05) is 30.1 Å². The zero-order chi connectivity index (χ0) is 14.1. The summed E-state index contributed by atoms with van der Waals surface area (Å²) >= 11 is 1.89. The Morgan fingerprint density at radius 2 is 2.05 bits per heavy atom. The number of hydrogen-bond donors (Lipinski definition) is 1. The Hall–Kier alpha value is -1.16. The lowest BCUT2D eigenvalue weighted by atomic mass is 9.95. The third-order valence-corrected chi connectivity index (χ3v) is 5.41. The maximum atomic E-state index is 6.09. The minimum Gasteiger partial charge on any atom is -0.329 e. The number of nitrogens with two attached hydrogens (primary N) is 1. The van der Waals surface area contributed by atoms with Crippen LogP contribution in [-0.4, -0.2) is 18.0 Å². The van der Waals surface area contributed by atoms with Gasteiger partial charge in [0.05, 0.1) is 0 Å². The van der Waals surface area contributed by atoms with Gasteiger partial charge in [0.1, 0.15) is 0 Å². The van der Waals surface area contributed by atoms with Crippen LogP contribution in [0, 0.1) is 6.92 Å². The van der Waals surface area contributed by atoms with E-state index in [9.17, 15) is 0 Å². The summed E-state index contributed by atoms with van der Waals surface area (Å²) in [5.41, 5.74) is 10.2. The molecule has 0 spiro atoms. The lowest BCUT2D eigenvalue weighted by molar-refractivity contribution is 0.138. The highest BCUT2D eigenvalue weighted by Gasteiger charge is 2.30. The summed E-state index contributed by atoms with van der Waals surface area (Å²) in [6.45, 7) is 6.21. The predicted octanol–water partition coefficient (Wildman–Crippen LogP) is 3.68. The predicted molar refractivity (Wildman–Crippen MR) is 86.1 cm³/mol. The van der Waals surface area contributed by atoms with E-state index < -0.39 is 0 Å². The number of aryl methyl sites for hydroxylation is 1. The molecule has 1 aliphatic heterocycles. The van der Waals surface area contributed by atoms with E-state index in [0.717, 1.165) is 13.0 Å². The first-order valence-corrected chi connectivity index (χ1v) is 8.17. The molecular formula is C17H22N2S. The first-order chi connectivity index (χ1) is 9.70. The Morgan fingerprint density at radius 1 is 1.30 bits per heavy atom. The number of benzene rings is 1. The van der Waals surface area contributed by atoms with Gasteiger partial charge >= 0.3 is 0 Å². The van der Waals surface area contributed by atoms with Crippen molar-refractivity contribution in [2.24, 2.45) is 5.73 Å². The first-order valence-electron chi connectivity index (χ1n) is 7.29. The van der Waals surface area contributed by atoms with Crippen molar-refractivity contribution in [1.29, 1.82) is 0 Å². The largest absolute Gasteiger partial charge is 0.329 e. The van der Waals surface area contributed by atoms with Crippen LogP contribution in [0.4, 0.5) is 0 Å². The molecule has 2 unspecified atom stereocenters. The fourth-order valence-corrected chi connectivity index (χ4v) is 4.17. The molecule has 3 heteroatoms. The maximum Gasteiger partial charge on any atom is 0.0476 e. The van der Waals surface area contributed by atoms with Gasteiger partial charge in [-0.2, -0.15) is 0 Å². The Morgan fingerprint density at radius 3 is 2.75 bits per heavy atom. The number of fused-ring (bicyclic) bond motifs is 1. The molecule has 2 nitrogen and oxygen atoms in total. The molecule has 2 aromatic rings. The molecule has 0 aliphatic carbocycles. The van der Waals surface area contributed by atoms with Crippen molar-refractivity contribution in [3.63, 3.8) is 0 Å². The maximum absolute atomic E-state index is 6.09. The molecule has 0 fully saturated rings. The second-order valence-electron chi connectivity index (χ2n) is 5.63. The monoisotopic (exact) mass is 286 g/mol. The third kappa shape index (κ3) is 2.41. The highest BCUT2D eigenvalue weighted by molar-refractivity contribution is 7.10. The third-order valence-electron chi connectivity index (χ3n) is 4.41. The van der Waals surface area contributed by atoms with Crippen LogP contribution in [-0.2, 0) is 6.42 Å². The topological polar surface area (TPSA) is 29.3 Å². The summed E-state index contributed by atoms with van der Waals surface area (Å²) in [7, 11) is 0. The number of thiophene rings is 1. The minimum absolute atomic E-state index is 0.318. The SMILES string of the molecule is Cc1ccc(C(CN)N2CCc3sccc3C2C)cc1. The quantitative estimate of drug-likeness (QED) is 0.932. The highest BCUT2D eigenvalue weighted by Crippen LogP contribution is 2.37. The van der Waals surface area contributed by atoms with Gasteiger partial charge in [-0.15, -0.1) is 11.3 Å². The lowest BCUT2D eigenvalue weighted by Crippen LogP contribution is -2.39. The molecule has 0 amide bonds. The molecule has 0 saturated carbocycles. The van der Waals surface area contributed by atoms with Gasteiger partial charge in [-0.05, 0) is 42.8 Å². The molecule has 106 valence electrons. The van der Waals surface area contributed by atoms with E-state index in [0.29, 0.717) is 18.6 Å². The van der Waals surface area contributed by atoms with Crippen molar-refractivity contribution in [2.45, 2.75) is 32.4 Å². The van der Waals surface area contributed by atoms with Crippen LogP contribution in [0.15, 0.2) is 35.7 Å². The fourth-order valence-electron chi connectivity index (χ4n) is 3.21. The molecule has 2 atom stereocenters. The fraction of sp³-hybridized carbons (Fsp3) is 0.412. The van der Waals surface area contributed by atoms with Crippen LogP contribution >= 0.6 is 11.3 Å². The molecule has 2 heterocycles. The zero-order valence-electron chi connectivity index (χ0n) is 12.2. The van der Waals surface area contributed by atoms with Crippen LogP contribution in [0.5, 0.6) is 0 Å². The van der Waals surface area contributed by atoms with E-state index in [4.69, 9.17) is 5.73 Å². The van der Waals surface area contributed by atoms with Gasteiger partial charge in [0.25, 0.3) is 0 Å². The second kappa shape index (κ2) is 5.68. The Kier molecular flexibility index (Phi) is 3.92. The average Bonchev–Trinajstić information content (AvgIpc) is 2.93. The number of rotatable bonds is 3. The summed E-state index contributed by atoms with van der Waals surface area (Å²) in [5.74, 6) is 0. The number of hydrogen-bond acceptors (Lipinski definition) is 3. The number of nitrogens with zero attached hydrogens (tertiary/aromatic N) is 1. The molecule has 0 saturated heterocycles. The van der Waals surface area contributed by atoms with Crippen molar-refractivity contribution in [1.82, 2.24) is 4.90 Å². The molecule has 0 radical (unpaired) electrons. The van der Waals surface area contributed by atoms with E-state index in [2.05, 4.69) is 54.5 Å². The van der Waals surface area contributed by atoms with Gasteiger partial charge in [0.2, 0.25) is 0 Å². The standard InChI is InChI=1S/C17H22N2S/c1-12-3-5-14(6-4-12)16(11-18)19-9-7-17-15(13(19)2)8-10-20-17/h3-6,8,10,13,16H,7,9,11,18H2,1-2H3. The van der Waals surface area contributed by atoms with Gasteiger partial charge in [-0.25, -0.2) is 0 Å². The van der Waals surface area contributed by atoms with Crippen molar-refractivity contribution < 1.29 is 0 Å². The first kappa shape index (κ1) is 13.8. The van der Waals surface area contributed by atoms with E-state index in [1.165, 1.54) is 16.7 Å². The van der Waals surface area contributed by atoms with Crippen molar-refractivity contribution in [2.75, 3.05) is 13.1 Å². The minimum atomic E-state index is 0.318. The molecule has 0 bridgehead atoms. The molecule has 2 N–H and O–H groups in total. The van der Waals surface area contributed by atoms with Crippen LogP contribution in [0.1, 0.15) is 40.6 Å². The Bertz CT molecular complexity index is 573. The Labute approximate surface area is 125 Å². The van der Waals surface area contributed by atoms with E-state index in [-0.39, 0.29) is 0 Å². The highest BCUT2D eigenvalue weighted by atomic mass is 32.1. The summed E-state index contributed by atoms with van der Waals surface area (Å²) in [6.07, 6.45) is 1.15. The molecule has 1 aromatic carbocycles. The average molecular weight is 286 g/mol. The van der Waals surface area contributed by atoms with Crippen LogP contribution in [0.3, 0.4) is 0 Å². The molecular weight excluding hydrogens is 264 g/mol. The van der Waals surface area contributed by atoms with Gasteiger partial charge in [-0.1, -0.05) is 29.8 Å². The lowest BCUT2D eigenvalue weighted by Gasteiger charge is -2.39. The van der Waals surface area contributed by atoms with Crippen molar-refractivity contribution in [3.05, 3.63) is 57.3 Å².